The Bertz CT molecular complexity index is 441. The van der Waals surface area contributed by atoms with E-state index in [0.29, 0.717) is 6.29 Å². The Hall–Kier alpha value is -1.72. The van der Waals surface area contributed by atoms with Gasteiger partial charge in [-0.05, 0) is 11.8 Å². The molecule has 0 amide bonds. The SMILES string of the molecule is COC(=O)C1C(C=O)C2C3C(=O)OC(=O)C3C12. The van der Waals surface area contributed by atoms with Gasteiger partial charge in [-0.2, -0.15) is 0 Å². The van der Waals surface area contributed by atoms with Crippen LogP contribution in [0.2, 0.25) is 0 Å². The second kappa shape index (κ2) is 3.15. The molecule has 6 unspecified atom stereocenters. The number of esters is 3. The average Bonchev–Trinajstić information content (AvgIpc) is 2.50. The monoisotopic (exact) mass is 238 g/mol. The van der Waals surface area contributed by atoms with Crippen molar-refractivity contribution in [2.24, 2.45) is 35.5 Å². The Balaban J connectivity index is 1.89. The van der Waals surface area contributed by atoms with E-state index in [1.807, 2.05) is 0 Å². The minimum atomic E-state index is -0.595. The summed E-state index contributed by atoms with van der Waals surface area (Å²) in [6.45, 7) is 0. The number of hydrogen-bond acceptors (Lipinski definition) is 6. The molecule has 90 valence electrons. The molecule has 6 atom stereocenters. The second-order valence-electron chi connectivity index (χ2n) is 4.71. The van der Waals surface area contributed by atoms with Gasteiger partial charge in [0, 0.05) is 5.92 Å². The van der Waals surface area contributed by atoms with E-state index in [0.717, 1.165) is 0 Å². The fraction of sp³-hybridized carbons (Fsp3) is 0.636. The van der Waals surface area contributed by atoms with Crippen molar-refractivity contribution in [3.63, 3.8) is 0 Å². The van der Waals surface area contributed by atoms with Gasteiger partial charge in [-0.25, -0.2) is 0 Å². The summed E-state index contributed by atoms with van der Waals surface area (Å²) < 4.78 is 9.15. The zero-order valence-corrected chi connectivity index (χ0v) is 8.99. The Morgan fingerprint density at radius 3 is 2.35 bits per heavy atom. The van der Waals surface area contributed by atoms with Crippen molar-refractivity contribution in [3.8, 4) is 0 Å². The molecule has 0 radical (unpaired) electrons. The summed E-state index contributed by atoms with van der Waals surface area (Å²) in [6.07, 6.45) is 0.676. The maximum Gasteiger partial charge on any atom is 0.317 e. The molecule has 3 aliphatic rings. The molecule has 3 fully saturated rings. The highest BCUT2D eigenvalue weighted by Crippen LogP contribution is 2.66. The third-order valence-electron chi connectivity index (χ3n) is 4.31. The summed E-state index contributed by atoms with van der Waals surface area (Å²) in [6, 6.07) is 0. The summed E-state index contributed by atoms with van der Waals surface area (Å²) >= 11 is 0. The Morgan fingerprint density at radius 1 is 1.24 bits per heavy atom. The standard InChI is InChI=1S/C11H10O6/c1-16-9(13)5-3(2-12)4-6(5)8-7(4)10(14)17-11(8)15/h2-8H,1H3. The topological polar surface area (TPSA) is 86.7 Å². The Labute approximate surface area is 96.2 Å². The van der Waals surface area contributed by atoms with Crippen molar-refractivity contribution in [2.75, 3.05) is 7.11 Å². The molecular weight excluding hydrogens is 228 g/mol. The first-order chi connectivity index (χ1) is 8.11. The van der Waals surface area contributed by atoms with Crippen LogP contribution in [0.25, 0.3) is 0 Å². The van der Waals surface area contributed by atoms with Crippen LogP contribution >= 0.6 is 0 Å². The van der Waals surface area contributed by atoms with E-state index in [-0.39, 0.29) is 11.8 Å². The molecule has 3 rings (SSSR count). The van der Waals surface area contributed by atoms with Gasteiger partial charge in [0.1, 0.15) is 6.29 Å². The van der Waals surface area contributed by atoms with Gasteiger partial charge in [0.25, 0.3) is 0 Å². The van der Waals surface area contributed by atoms with Crippen LogP contribution in [0.4, 0.5) is 0 Å². The van der Waals surface area contributed by atoms with E-state index < -0.39 is 41.6 Å². The fourth-order valence-electron chi connectivity index (χ4n) is 3.59. The summed E-state index contributed by atoms with van der Waals surface area (Å²) in [4.78, 5) is 45.2. The van der Waals surface area contributed by atoms with Crippen LogP contribution in [0.1, 0.15) is 0 Å². The molecular formula is C11H10O6. The van der Waals surface area contributed by atoms with E-state index >= 15 is 0 Å². The molecule has 0 N–H and O–H groups in total. The molecule has 0 aromatic rings. The highest BCUT2D eigenvalue weighted by atomic mass is 16.6. The van der Waals surface area contributed by atoms with Gasteiger partial charge in [0.05, 0.1) is 24.9 Å². The van der Waals surface area contributed by atoms with Crippen molar-refractivity contribution < 1.29 is 28.7 Å². The Kier molecular flexibility index (Phi) is 1.93. The summed E-state index contributed by atoms with van der Waals surface area (Å²) in [5.41, 5.74) is 0. The van der Waals surface area contributed by atoms with Crippen LogP contribution in [0.5, 0.6) is 0 Å². The lowest BCUT2D eigenvalue weighted by Gasteiger charge is -2.60. The first kappa shape index (κ1) is 10.4. The molecule has 6 heteroatoms. The van der Waals surface area contributed by atoms with Crippen molar-refractivity contribution in [1.29, 1.82) is 0 Å². The lowest BCUT2D eigenvalue weighted by atomic mass is 9.39. The number of fused-ring (bicyclic) bond motifs is 4. The van der Waals surface area contributed by atoms with Crippen molar-refractivity contribution in [3.05, 3.63) is 0 Å². The molecule has 1 heterocycles. The molecule has 0 aromatic carbocycles. The molecule has 2 aliphatic carbocycles. The molecule has 0 bridgehead atoms. The minimum absolute atomic E-state index is 0.222. The summed E-state index contributed by atoms with van der Waals surface area (Å²) in [7, 11) is 1.24. The van der Waals surface area contributed by atoms with Crippen LogP contribution in [0.3, 0.4) is 0 Å². The third-order valence-corrected chi connectivity index (χ3v) is 4.31. The number of hydrogen-bond donors (Lipinski definition) is 0. The lowest BCUT2D eigenvalue weighted by molar-refractivity contribution is -0.205. The zero-order chi connectivity index (χ0) is 12.3. The van der Waals surface area contributed by atoms with E-state index in [1.165, 1.54) is 7.11 Å². The number of ether oxygens (including phenoxy) is 2. The van der Waals surface area contributed by atoms with E-state index in [2.05, 4.69) is 9.47 Å². The molecule has 1 saturated heterocycles. The van der Waals surface area contributed by atoms with Crippen LogP contribution in [0.15, 0.2) is 0 Å². The van der Waals surface area contributed by atoms with Gasteiger partial charge < -0.3 is 14.3 Å². The molecule has 6 nitrogen and oxygen atoms in total. The van der Waals surface area contributed by atoms with Crippen molar-refractivity contribution in [2.45, 2.75) is 0 Å². The van der Waals surface area contributed by atoms with Gasteiger partial charge in [-0.3, -0.25) is 14.4 Å². The molecule has 17 heavy (non-hydrogen) atoms. The zero-order valence-electron chi connectivity index (χ0n) is 8.99. The van der Waals surface area contributed by atoms with Gasteiger partial charge in [0.15, 0.2) is 0 Å². The van der Waals surface area contributed by atoms with E-state index in [9.17, 15) is 19.2 Å². The summed E-state index contributed by atoms with van der Waals surface area (Å²) in [5.74, 6) is -4.29. The Morgan fingerprint density at radius 2 is 1.82 bits per heavy atom. The van der Waals surface area contributed by atoms with Crippen molar-refractivity contribution >= 4 is 24.2 Å². The predicted octanol–water partition coefficient (Wildman–Crippen LogP) is -0.834. The number of carbonyl (C=O) groups is 4. The van der Waals surface area contributed by atoms with Crippen LogP contribution in [-0.4, -0.2) is 31.3 Å². The van der Waals surface area contributed by atoms with Crippen LogP contribution in [0, 0.1) is 35.5 Å². The van der Waals surface area contributed by atoms with Crippen molar-refractivity contribution in [1.82, 2.24) is 0 Å². The minimum Gasteiger partial charge on any atom is -0.469 e. The normalized spacial score (nSPS) is 45.9. The quantitative estimate of drug-likeness (QED) is 0.354. The van der Waals surface area contributed by atoms with E-state index in [4.69, 9.17) is 0 Å². The lowest BCUT2D eigenvalue weighted by Crippen LogP contribution is -2.68. The number of cyclic esters (lactones) is 2. The van der Waals surface area contributed by atoms with Gasteiger partial charge in [0.2, 0.25) is 0 Å². The van der Waals surface area contributed by atoms with Crippen LogP contribution < -0.4 is 0 Å². The largest absolute Gasteiger partial charge is 0.469 e. The van der Waals surface area contributed by atoms with Crippen LogP contribution in [-0.2, 0) is 28.7 Å². The second-order valence-corrected chi connectivity index (χ2v) is 4.71. The smallest absolute Gasteiger partial charge is 0.317 e. The number of aldehydes is 1. The highest BCUT2D eigenvalue weighted by molar-refractivity contribution is 6.00. The predicted molar refractivity (Wildman–Crippen MR) is 50.1 cm³/mol. The molecule has 2 saturated carbocycles. The molecule has 1 aliphatic heterocycles. The number of carbonyl (C=O) groups excluding carboxylic acids is 4. The average molecular weight is 238 g/mol. The summed E-state index contributed by atoms with van der Waals surface area (Å²) in [5, 5.41) is 0. The first-order valence-corrected chi connectivity index (χ1v) is 5.40. The fourth-order valence-corrected chi connectivity index (χ4v) is 3.59. The molecule has 0 spiro atoms. The van der Waals surface area contributed by atoms with Gasteiger partial charge in [-0.1, -0.05) is 0 Å². The maximum atomic E-state index is 11.5. The van der Waals surface area contributed by atoms with Gasteiger partial charge >= 0.3 is 17.9 Å². The van der Waals surface area contributed by atoms with E-state index in [1.54, 1.807) is 0 Å². The first-order valence-electron chi connectivity index (χ1n) is 5.40. The van der Waals surface area contributed by atoms with Gasteiger partial charge in [-0.15, -0.1) is 0 Å². The number of rotatable bonds is 2. The third kappa shape index (κ3) is 1.01. The molecule has 0 aromatic heterocycles. The highest BCUT2D eigenvalue weighted by Gasteiger charge is 2.76. The number of methoxy groups -OCH3 is 1. The maximum absolute atomic E-state index is 11.5.